The predicted molar refractivity (Wildman–Crippen MR) is 73.5 cm³/mol. The van der Waals surface area contributed by atoms with E-state index >= 15 is 0 Å². The van der Waals surface area contributed by atoms with Crippen molar-refractivity contribution in [1.82, 2.24) is 10.2 Å². The highest BCUT2D eigenvalue weighted by atomic mass is 16.5. The van der Waals surface area contributed by atoms with Gasteiger partial charge in [0, 0.05) is 12.1 Å². The summed E-state index contributed by atoms with van der Waals surface area (Å²) in [6.45, 7) is 2.23. The molecule has 0 aliphatic heterocycles. The fourth-order valence-electron chi connectivity index (χ4n) is 1.93. The zero-order valence-corrected chi connectivity index (χ0v) is 11.6. The summed E-state index contributed by atoms with van der Waals surface area (Å²) in [5, 5.41) is 8.01. The summed E-state index contributed by atoms with van der Waals surface area (Å²) in [6.07, 6.45) is 8.70. The molecule has 0 saturated heterocycles. The van der Waals surface area contributed by atoms with Crippen molar-refractivity contribution in [2.24, 2.45) is 5.73 Å². The lowest BCUT2D eigenvalue weighted by atomic mass is 10.0. The van der Waals surface area contributed by atoms with E-state index < -0.39 is 0 Å². The van der Waals surface area contributed by atoms with Crippen LogP contribution in [0.25, 0.3) is 0 Å². The topological polar surface area (TPSA) is 61.0 Å². The third-order valence-corrected chi connectivity index (χ3v) is 3.12. The largest absolute Gasteiger partial charge is 0.480 e. The molecule has 0 aliphatic rings. The summed E-state index contributed by atoms with van der Waals surface area (Å²) in [5.74, 6) is 0.533. The monoisotopic (exact) mass is 251 g/mol. The van der Waals surface area contributed by atoms with Gasteiger partial charge < -0.3 is 10.5 Å². The Bertz CT molecular complexity index is 313. The lowest BCUT2D eigenvalue weighted by molar-refractivity contribution is 0.390. The molecule has 0 bridgehead atoms. The molecule has 102 valence electrons. The van der Waals surface area contributed by atoms with E-state index in [1.54, 1.807) is 7.11 Å². The second-order valence-electron chi connectivity index (χ2n) is 4.66. The number of nitrogens with two attached hydrogens (primary N) is 1. The number of unbranched alkanes of at least 4 members (excludes halogenated alkanes) is 5. The Hall–Kier alpha value is -1.16. The van der Waals surface area contributed by atoms with Crippen LogP contribution in [0.3, 0.4) is 0 Å². The van der Waals surface area contributed by atoms with Crippen molar-refractivity contribution in [2.75, 3.05) is 7.11 Å². The van der Waals surface area contributed by atoms with Crippen LogP contribution in [-0.2, 0) is 0 Å². The van der Waals surface area contributed by atoms with Crippen LogP contribution in [0.15, 0.2) is 12.1 Å². The Morgan fingerprint density at radius 1 is 1.11 bits per heavy atom. The average molecular weight is 251 g/mol. The Kier molecular flexibility index (Phi) is 7.34. The van der Waals surface area contributed by atoms with Gasteiger partial charge in [-0.1, -0.05) is 45.4 Å². The third kappa shape index (κ3) is 5.45. The Balaban J connectivity index is 2.21. The van der Waals surface area contributed by atoms with Gasteiger partial charge in [-0.2, -0.15) is 5.10 Å². The molecule has 0 spiro atoms. The minimum Gasteiger partial charge on any atom is -0.480 e. The number of ether oxygens (including phenoxy) is 1. The molecule has 1 heterocycles. The Morgan fingerprint density at radius 3 is 2.44 bits per heavy atom. The van der Waals surface area contributed by atoms with Crippen molar-refractivity contribution in [3.8, 4) is 5.88 Å². The van der Waals surface area contributed by atoms with Gasteiger partial charge >= 0.3 is 0 Å². The number of hydrogen-bond acceptors (Lipinski definition) is 4. The lowest BCUT2D eigenvalue weighted by Crippen LogP contribution is -2.12. The molecular formula is C14H25N3O. The van der Waals surface area contributed by atoms with Crippen LogP contribution in [0.2, 0.25) is 0 Å². The third-order valence-electron chi connectivity index (χ3n) is 3.12. The molecule has 0 radical (unpaired) electrons. The standard InChI is InChI=1S/C14H25N3O/c1-3-4-5-6-7-8-9-12(15)13-10-11-14(18-2)17-16-13/h10-12H,3-9,15H2,1-2H3. The highest BCUT2D eigenvalue weighted by Gasteiger charge is 2.08. The van der Waals surface area contributed by atoms with Crippen LogP contribution in [-0.4, -0.2) is 17.3 Å². The predicted octanol–water partition coefficient (Wildman–Crippen LogP) is 3.24. The lowest BCUT2D eigenvalue weighted by Gasteiger charge is -2.10. The van der Waals surface area contributed by atoms with Crippen molar-refractivity contribution >= 4 is 0 Å². The van der Waals surface area contributed by atoms with Crippen molar-refractivity contribution < 1.29 is 4.74 Å². The first-order chi connectivity index (χ1) is 8.77. The van der Waals surface area contributed by atoms with Gasteiger partial charge in [-0.05, 0) is 12.5 Å². The fourth-order valence-corrected chi connectivity index (χ4v) is 1.93. The molecule has 1 aromatic heterocycles. The van der Waals surface area contributed by atoms with Crippen LogP contribution in [0.1, 0.15) is 63.6 Å². The zero-order chi connectivity index (χ0) is 13.2. The number of methoxy groups -OCH3 is 1. The maximum Gasteiger partial charge on any atom is 0.233 e. The number of hydrogen-bond donors (Lipinski definition) is 1. The fraction of sp³-hybridized carbons (Fsp3) is 0.714. The average Bonchev–Trinajstić information content (AvgIpc) is 2.42. The number of nitrogens with zero attached hydrogens (tertiary/aromatic N) is 2. The van der Waals surface area contributed by atoms with Crippen molar-refractivity contribution in [2.45, 2.75) is 57.9 Å². The molecule has 1 rings (SSSR count). The molecule has 4 nitrogen and oxygen atoms in total. The molecule has 1 unspecified atom stereocenters. The first-order valence-electron chi connectivity index (χ1n) is 6.91. The highest BCUT2D eigenvalue weighted by Crippen LogP contribution is 2.17. The first kappa shape index (κ1) is 14.9. The molecule has 0 fully saturated rings. The maximum absolute atomic E-state index is 6.08. The van der Waals surface area contributed by atoms with Gasteiger partial charge in [0.25, 0.3) is 0 Å². The summed E-state index contributed by atoms with van der Waals surface area (Å²) in [6, 6.07) is 3.70. The van der Waals surface area contributed by atoms with Crippen molar-refractivity contribution in [3.05, 3.63) is 17.8 Å². The van der Waals surface area contributed by atoms with Gasteiger partial charge in [0.15, 0.2) is 0 Å². The second kappa shape index (κ2) is 8.86. The molecule has 18 heavy (non-hydrogen) atoms. The summed E-state index contributed by atoms with van der Waals surface area (Å²) in [5.41, 5.74) is 6.94. The van der Waals surface area contributed by atoms with E-state index in [2.05, 4.69) is 17.1 Å². The quantitative estimate of drug-likeness (QED) is 0.684. The van der Waals surface area contributed by atoms with Gasteiger partial charge in [-0.25, -0.2) is 0 Å². The summed E-state index contributed by atoms with van der Waals surface area (Å²) in [4.78, 5) is 0. The smallest absolute Gasteiger partial charge is 0.233 e. The van der Waals surface area contributed by atoms with Crippen molar-refractivity contribution in [1.29, 1.82) is 0 Å². The van der Waals surface area contributed by atoms with Crippen LogP contribution in [0.4, 0.5) is 0 Å². The Morgan fingerprint density at radius 2 is 1.83 bits per heavy atom. The molecule has 1 aromatic rings. The van der Waals surface area contributed by atoms with Gasteiger partial charge in [0.05, 0.1) is 12.8 Å². The van der Waals surface area contributed by atoms with Gasteiger partial charge in [0.1, 0.15) is 0 Å². The van der Waals surface area contributed by atoms with Gasteiger partial charge in [-0.15, -0.1) is 5.10 Å². The number of aromatic nitrogens is 2. The molecule has 0 amide bonds. The van der Waals surface area contributed by atoms with E-state index in [0.29, 0.717) is 5.88 Å². The van der Waals surface area contributed by atoms with Gasteiger partial charge in [-0.3, -0.25) is 0 Å². The van der Waals surface area contributed by atoms with E-state index in [1.807, 2.05) is 12.1 Å². The minimum absolute atomic E-state index is 0.00502. The molecule has 4 heteroatoms. The second-order valence-corrected chi connectivity index (χ2v) is 4.66. The highest BCUT2D eigenvalue weighted by molar-refractivity contribution is 5.13. The van der Waals surface area contributed by atoms with E-state index in [-0.39, 0.29) is 6.04 Å². The number of rotatable bonds is 9. The molecule has 0 aromatic carbocycles. The van der Waals surface area contributed by atoms with E-state index in [0.717, 1.165) is 12.1 Å². The summed E-state index contributed by atoms with van der Waals surface area (Å²) < 4.78 is 4.97. The van der Waals surface area contributed by atoms with Crippen LogP contribution in [0, 0.1) is 0 Å². The normalized spacial score (nSPS) is 12.4. The van der Waals surface area contributed by atoms with E-state index in [4.69, 9.17) is 10.5 Å². The van der Waals surface area contributed by atoms with Crippen LogP contribution < -0.4 is 10.5 Å². The molecule has 0 aliphatic carbocycles. The van der Waals surface area contributed by atoms with Gasteiger partial charge in [0.2, 0.25) is 5.88 Å². The first-order valence-corrected chi connectivity index (χ1v) is 6.91. The summed E-state index contributed by atoms with van der Waals surface area (Å²) >= 11 is 0. The van der Waals surface area contributed by atoms with Crippen LogP contribution >= 0.6 is 0 Å². The molecule has 2 N–H and O–H groups in total. The summed E-state index contributed by atoms with van der Waals surface area (Å²) in [7, 11) is 1.58. The maximum atomic E-state index is 6.08. The molecular weight excluding hydrogens is 226 g/mol. The SMILES string of the molecule is CCCCCCCCC(N)c1ccc(OC)nn1. The zero-order valence-electron chi connectivity index (χ0n) is 11.6. The molecule has 0 saturated carbocycles. The minimum atomic E-state index is -0.00502. The van der Waals surface area contributed by atoms with E-state index in [9.17, 15) is 0 Å². The van der Waals surface area contributed by atoms with Crippen LogP contribution in [0.5, 0.6) is 5.88 Å². The Labute approximate surface area is 110 Å². The van der Waals surface area contributed by atoms with Crippen molar-refractivity contribution in [3.63, 3.8) is 0 Å². The van der Waals surface area contributed by atoms with E-state index in [1.165, 1.54) is 38.5 Å². The molecule has 1 atom stereocenters.